The van der Waals surface area contributed by atoms with Crippen molar-refractivity contribution < 1.29 is 4.79 Å². The number of hydrogen-bond acceptors (Lipinski definition) is 4. The number of nitriles is 1. The molecule has 1 N–H and O–H groups in total. The molecule has 1 amide bonds. The summed E-state index contributed by atoms with van der Waals surface area (Å²) in [5.74, 6) is -0.145. The predicted molar refractivity (Wildman–Crippen MR) is 81.3 cm³/mol. The third-order valence-electron chi connectivity index (χ3n) is 3.60. The molecule has 2 aromatic rings. The highest BCUT2D eigenvalue weighted by atomic mass is 32.1. The van der Waals surface area contributed by atoms with Gasteiger partial charge in [-0.05, 0) is 43.7 Å². The summed E-state index contributed by atoms with van der Waals surface area (Å²) in [7, 11) is 0. The number of hydrogen-bond donors (Lipinski definition) is 1. The fraction of sp³-hybridized carbons (Fsp3) is 0.400. The molecule has 0 unspecified atom stereocenters. The summed E-state index contributed by atoms with van der Waals surface area (Å²) in [5, 5.41) is 17.0. The zero-order valence-electron chi connectivity index (χ0n) is 11.8. The van der Waals surface area contributed by atoms with E-state index in [1.165, 1.54) is 11.3 Å². The van der Waals surface area contributed by atoms with Crippen LogP contribution in [0.3, 0.4) is 0 Å². The number of amides is 1. The van der Waals surface area contributed by atoms with E-state index in [-0.39, 0.29) is 12.5 Å². The molecule has 2 heterocycles. The van der Waals surface area contributed by atoms with Crippen LogP contribution < -0.4 is 5.32 Å². The Morgan fingerprint density at radius 2 is 2.33 bits per heavy atom. The SMILES string of the molecule is Cc1cnn(CC(=O)Nc2sc3c(c2C#N)CCCC3)c1. The molecule has 0 aromatic carbocycles. The number of anilines is 1. The van der Waals surface area contributed by atoms with E-state index in [1.54, 1.807) is 22.2 Å². The van der Waals surface area contributed by atoms with Gasteiger partial charge in [0, 0.05) is 11.1 Å². The Morgan fingerprint density at radius 3 is 3.05 bits per heavy atom. The van der Waals surface area contributed by atoms with E-state index in [1.807, 2.05) is 13.1 Å². The minimum Gasteiger partial charge on any atom is -0.315 e. The molecule has 1 aliphatic carbocycles. The van der Waals surface area contributed by atoms with Gasteiger partial charge in [0.25, 0.3) is 0 Å². The minimum atomic E-state index is -0.145. The lowest BCUT2D eigenvalue weighted by atomic mass is 9.96. The molecule has 1 aliphatic rings. The van der Waals surface area contributed by atoms with Crippen LogP contribution in [-0.4, -0.2) is 15.7 Å². The maximum absolute atomic E-state index is 12.1. The number of aryl methyl sites for hydroxylation is 2. The molecule has 0 saturated heterocycles. The monoisotopic (exact) mass is 300 g/mol. The lowest BCUT2D eigenvalue weighted by Gasteiger charge is -2.09. The van der Waals surface area contributed by atoms with Crippen molar-refractivity contribution in [3.63, 3.8) is 0 Å². The van der Waals surface area contributed by atoms with Crippen LogP contribution in [0.2, 0.25) is 0 Å². The maximum Gasteiger partial charge on any atom is 0.246 e. The molecule has 0 spiro atoms. The van der Waals surface area contributed by atoms with Crippen LogP contribution in [0, 0.1) is 18.3 Å². The molecule has 6 heteroatoms. The average Bonchev–Trinajstić information content (AvgIpc) is 3.01. The summed E-state index contributed by atoms with van der Waals surface area (Å²) < 4.78 is 1.60. The second-order valence-electron chi connectivity index (χ2n) is 5.29. The molecule has 3 rings (SSSR count). The van der Waals surface area contributed by atoms with E-state index in [2.05, 4.69) is 16.5 Å². The zero-order chi connectivity index (χ0) is 14.8. The number of carbonyl (C=O) groups is 1. The molecule has 0 atom stereocenters. The largest absolute Gasteiger partial charge is 0.315 e. The van der Waals surface area contributed by atoms with E-state index in [0.29, 0.717) is 10.6 Å². The van der Waals surface area contributed by atoms with Crippen LogP contribution in [0.5, 0.6) is 0 Å². The van der Waals surface area contributed by atoms with Crippen LogP contribution in [0.1, 0.15) is 34.4 Å². The average molecular weight is 300 g/mol. The quantitative estimate of drug-likeness (QED) is 0.947. The number of thiophene rings is 1. The summed E-state index contributed by atoms with van der Waals surface area (Å²) in [6.45, 7) is 2.10. The number of rotatable bonds is 3. The molecule has 21 heavy (non-hydrogen) atoms. The third-order valence-corrected chi connectivity index (χ3v) is 4.81. The Balaban J connectivity index is 1.77. The molecule has 0 bridgehead atoms. The van der Waals surface area contributed by atoms with Crippen molar-refractivity contribution in [2.45, 2.75) is 39.2 Å². The van der Waals surface area contributed by atoms with Crippen LogP contribution in [-0.2, 0) is 24.2 Å². The summed E-state index contributed by atoms with van der Waals surface area (Å²) >= 11 is 1.55. The standard InChI is InChI=1S/C15H16N4OS/c1-10-7-17-19(8-10)9-14(20)18-15-12(6-16)11-4-2-3-5-13(11)21-15/h7-8H,2-5,9H2,1H3,(H,18,20). The van der Waals surface area contributed by atoms with Crippen molar-refractivity contribution in [2.24, 2.45) is 0 Å². The highest BCUT2D eigenvalue weighted by Crippen LogP contribution is 2.37. The maximum atomic E-state index is 12.1. The van der Waals surface area contributed by atoms with Gasteiger partial charge < -0.3 is 5.32 Å². The first-order valence-electron chi connectivity index (χ1n) is 7.01. The van der Waals surface area contributed by atoms with Crippen LogP contribution in [0.4, 0.5) is 5.00 Å². The van der Waals surface area contributed by atoms with Crippen molar-refractivity contribution in [3.8, 4) is 6.07 Å². The first-order valence-corrected chi connectivity index (χ1v) is 7.82. The minimum absolute atomic E-state index is 0.145. The summed E-state index contributed by atoms with van der Waals surface area (Å²) in [6.07, 6.45) is 7.80. The molecular weight excluding hydrogens is 284 g/mol. The number of nitrogens with zero attached hydrogens (tertiary/aromatic N) is 3. The lowest BCUT2D eigenvalue weighted by Crippen LogP contribution is -2.18. The zero-order valence-corrected chi connectivity index (χ0v) is 12.7. The topological polar surface area (TPSA) is 70.7 Å². The van der Waals surface area contributed by atoms with Gasteiger partial charge in [-0.25, -0.2) is 0 Å². The first kappa shape index (κ1) is 13.8. The fourth-order valence-electron chi connectivity index (χ4n) is 2.64. The fourth-order valence-corrected chi connectivity index (χ4v) is 3.89. The summed E-state index contributed by atoms with van der Waals surface area (Å²) in [4.78, 5) is 13.4. The third kappa shape index (κ3) is 2.83. The van der Waals surface area contributed by atoms with Gasteiger partial charge in [0.2, 0.25) is 5.91 Å². The van der Waals surface area contributed by atoms with Crippen molar-refractivity contribution in [1.29, 1.82) is 5.26 Å². The number of aromatic nitrogens is 2. The van der Waals surface area contributed by atoms with Crippen LogP contribution in [0.15, 0.2) is 12.4 Å². The Morgan fingerprint density at radius 1 is 1.52 bits per heavy atom. The van der Waals surface area contributed by atoms with Gasteiger partial charge in [-0.15, -0.1) is 11.3 Å². The predicted octanol–water partition coefficient (Wildman–Crippen LogP) is 2.64. The van der Waals surface area contributed by atoms with Gasteiger partial charge in [-0.1, -0.05) is 0 Å². The molecule has 0 saturated carbocycles. The van der Waals surface area contributed by atoms with E-state index >= 15 is 0 Å². The molecule has 0 radical (unpaired) electrons. The summed E-state index contributed by atoms with van der Waals surface area (Å²) in [5.41, 5.74) is 2.81. The Bertz CT molecular complexity index is 723. The highest BCUT2D eigenvalue weighted by Gasteiger charge is 2.21. The molecule has 2 aromatic heterocycles. The number of nitrogens with one attached hydrogen (secondary N) is 1. The van der Waals surface area contributed by atoms with E-state index in [9.17, 15) is 10.1 Å². The molecule has 0 fully saturated rings. The normalized spacial score (nSPS) is 13.5. The lowest BCUT2D eigenvalue weighted by molar-refractivity contribution is -0.116. The van der Waals surface area contributed by atoms with Gasteiger partial charge in [0.15, 0.2) is 0 Å². The van der Waals surface area contributed by atoms with Crippen molar-refractivity contribution in [1.82, 2.24) is 9.78 Å². The van der Waals surface area contributed by atoms with E-state index in [4.69, 9.17) is 0 Å². The van der Waals surface area contributed by atoms with Crippen LogP contribution in [0.25, 0.3) is 0 Å². The first-order chi connectivity index (χ1) is 10.2. The number of carbonyl (C=O) groups excluding carboxylic acids is 1. The second kappa shape index (κ2) is 5.70. The van der Waals surface area contributed by atoms with Gasteiger partial charge >= 0.3 is 0 Å². The van der Waals surface area contributed by atoms with Crippen molar-refractivity contribution in [3.05, 3.63) is 34.0 Å². The van der Waals surface area contributed by atoms with Gasteiger partial charge in [0.05, 0.1) is 11.8 Å². The van der Waals surface area contributed by atoms with E-state index in [0.717, 1.165) is 30.4 Å². The van der Waals surface area contributed by atoms with Crippen molar-refractivity contribution in [2.75, 3.05) is 5.32 Å². The van der Waals surface area contributed by atoms with Crippen molar-refractivity contribution >= 4 is 22.2 Å². The Kier molecular flexibility index (Phi) is 3.76. The molecular formula is C15H16N4OS. The van der Waals surface area contributed by atoms with Crippen LogP contribution >= 0.6 is 11.3 Å². The number of fused-ring (bicyclic) bond motifs is 1. The molecule has 108 valence electrons. The second-order valence-corrected chi connectivity index (χ2v) is 6.40. The van der Waals surface area contributed by atoms with Gasteiger partial charge in [0.1, 0.15) is 17.6 Å². The Labute approximate surface area is 127 Å². The smallest absolute Gasteiger partial charge is 0.246 e. The molecule has 0 aliphatic heterocycles. The highest BCUT2D eigenvalue weighted by molar-refractivity contribution is 7.16. The van der Waals surface area contributed by atoms with Gasteiger partial charge in [-0.2, -0.15) is 10.4 Å². The summed E-state index contributed by atoms with van der Waals surface area (Å²) in [6, 6.07) is 2.25. The van der Waals surface area contributed by atoms with E-state index < -0.39 is 0 Å². The Hall–Kier alpha value is -2.13. The molecule has 5 nitrogen and oxygen atoms in total. The van der Waals surface area contributed by atoms with Gasteiger partial charge in [-0.3, -0.25) is 9.48 Å².